The second-order valence-electron chi connectivity index (χ2n) is 15.5. The number of ether oxygens (including phenoxy) is 2. The van der Waals surface area contributed by atoms with Crippen molar-refractivity contribution in [1.82, 2.24) is 20.3 Å². The molecule has 0 spiro atoms. The molecule has 5 rings (SSSR count). The van der Waals surface area contributed by atoms with Gasteiger partial charge in [0.05, 0.1) is 10.8 Å². The molecule has 12 nitrogen and oxygen atoms in total. The topological polar surface area (TPSA) is 160 Å². The maximum Gasteiger partial charge on any atom is 0.408 e. The Hall–Kier alpha value is -4.88. The van der Waals surface area contributed by atoms with E-state index in [1.165, 1.54) is 24.3 Å². The summed E-state index contributed by atoms with van der Waals surface area (Å²) in [5, 5.41) is 6.11. The van der Waals surface area contributed by atoms with Crippen molar-refractivity contribution in [3.63, 3.8) is 0 Å². The van der Waals surface area contributed by atoms with Crippen LogP contribution in [0.25, 0.3) is 0 Å². The smallest absolute Gasteiger partial charge is 0.408 e. The molecular formula is C41H49ClN4O8S. The molecule has 3 N–H and O–H groups in total. The van der Waals surface area contributed by atoms with Gasteiger partial charge in [0.15, 0.2) is 0 Å². The second-order valence-corrected chi connectivity index (χ2v) is 17.6. The number of nitrogens with zero attached hydrogens (tertiary/aromatic N) is 1. The number of likely N-dealkylation sites (tertiary alicyclic amines) is 1. The van der Waals surface area contributed by atoms with Crippen molar-refractivity contribution in [1.29, 1.82) is 0 Å². The van der Waals surface area contributed by atoms with Crippen LogP contribution in [0.1, 0.15) is 52.2 Å². The van der Waals surface area contributed by atoms with E-state index in [0.29, 0.717) is 17.2 Å². The number of amides is 4. The Labute approximate surface area is 328 Å². The Morgan fingerprint density at radius 2 is 1.67 bits per heavy atom. The number of halogens is 1. The molecule has 1 saturated heterocycles. The summed E-state index contributed by atoms with van der Waals surface area (Å²) in [4.78, 5) is 56.2. The van der Waals surface area contributed by atoms with E-state index in [0.717, 1.165) is 11.1 Å². The summed E-state index contributed by atoms with van der Waals surface area (Å²) in [5.74, 6) is -3.49. The van der Waals surface area contributed by atoms with Crippen LogP contribution in [-0.4, -0.2) is 67.4 Å². The van der Waals surface area contributed by atoms with Gasteiger partial charge >= 0.3 is 6.09 Å². The van der Waals surface area contributed by atoms with Crippen LogP contribution in [0.3, 0.4) is 0 Å². The Morgan fingerprint density at radius 3 is 2.29 bits per heavy atom. The van der Waals surface area contributed by atoms with Crippen LogP contribution in [0, 0.1) is 23.7 Å². The van der Waals surface area contributed by atoms with Crippen LogP contribution in [0.2, 0.25) is 5.02 Å². The number of sulfonamides is 1. The minimum atomic E-state index is -4.38. The van der Waals surface area contributed by atoms with E-state index in [4.69, 9.17) is 21.1 Å². The summed E-state index contributed by atoms with van der Waals surface area (Å²) in [6.07, 6.45) is 1.32. The fraction of sp³-hybridized carbons (Fsp3) is 0.415. The van der Waals surface area contributed by atoms with Crippen molar-refractivity contribution >= 4 is 45.4 Å². The van der Waals surface area contributed by atoms with Crippen LogP contribution < -0.4 is 20.1 Å². The van der Waals surface area contributed by atoms with Gasteiger partial charge in [-0.25, -0.2) is 17.9 Å². The maximum atomic E-state index is 14.3. The highest BCUT2D eigenvalue weighted by Gasteiger charge is 2.61. The first-order valence-electron chi connectivity index (χ1n) is 18.2. The molecule has 0 radical (unpaired) electrons. The molecule has 1 heterocycles. The third-order valence-corrected chi connectivity index (χ3v) is 11.3. The Bertz CT molecular complexity index is 2000. The molecule has 294 valence electrons. The first kappa shape index (κ1) is 41.3. The van der Waals surface area contributed by atoms with Crippen LogP contribution in [0.15, 0.2) is 96.4 Å². The molecule has 0 bridgehead atoms. The summed E-state index contributed by atoms with van der Waals surface area (Å²) in [7, 11) is -4.38. The number of carbonyl (C=O) groups excluding carboxylic acids is 4. The predicted molar refractivity (Wildman–Crippen MR) is 208 cm³/mol. The van der Waals surface area contributed by atoms with Crippen LogP contribution in [-0.2, 0) is 42.2 Å². The number of benzene rings is 3. The van der Waals surface area contributed by atoms with Crippen molar-refractivity contribution in [3.05, 3.63) is 108 Å². The molecule has 2 aliphatic rings. The molecule has 1 aliphatic heterocycles. The van der Waals surface area contributed by atoms with Gasteiger partial charge in [0.2, 0.25) is 11.8 Å². The lowest BCUT2D eigenvalue weighted by Crippen LogP contribution is -2.54. The quantitative estimate of drug-likeness (QED) is 0.177. The van der Waals surface area contributed by atoms with Crippen molar-refractivity contribution in [2.75, 3.05) is 13.1 Å². The van der Waals surface area contributed by atoms with E-state index < -0.39 is 56.9 Å². The zero-order valence-electron chi connectivity index (χ0n) is 31.7. The standard InChI is InChI=1S/C41H49ClN4O8S/c1-7-30-22-41(30,38(49)45-55(51,52)33-15-11-14-32(21-33)53-25-28-12-9-8-10-13-28)44-36(47)34-24-46(23-29(34)20-27-16-18-31(42)19-17-27)37(48)35(26(2)3)43-39(50)54-40(4,5)6/h7-19,21,26,29-30,34-35H,1,20,22-25H2,2-6H3,(H,43,50)(H,44,47)(H,45,49)/t29-,30-,34?,35+,41-/m1/s1. The van der Waals surface area contributed by atoms with Gasteiger partial charge in [-0.05, 0) is 80.8 Å². The van der Waals surface area contributed by atoms with E-state index >= 15 is 0 Å². The molecule has 2 fully saturated rings. The summed E-state index contributed by atoms with van der Waals surface area (Å²) >= 11 is 6.13. The average Bonchev–Trinajstić information content (AvgIpc) is 3.69. The lowest BCUT2D eigenvalue weighted by atomic mass is 9.88. The number of alkyl carbamates (subject to hydrolysis) is 1. The van der Waals surface area contributed by atoms with Gasteiger partial charge in [-0.1, -0.05) is 80.1 Å². The molecule has 55 heavy (non-hydrogen) atoms. The molecule has 3 aromatic carbocycles. The second kappa shape index (κ2) is 16.9. The van der Waals surface area contributed by atoms with Gasteiger partial charge in [-0.2, -0.15) is 0 Å². The van der Waals surface area contributed by atoms with Crippen LogP contribution in [0.4, 0.5) is 4.79 Å². The molecule has 3 aromatic rings. The molecule has 5 atom stereocenters. The SMILES string of the molecule is C=C[C@@H]1C[C@]1(NC(=O)C1CN(C(=O)[C@@H](NC(=O)OC(C)(C)C)C(C)C)C[C@H]1Cc1ccc(Cl)cc1)C(=O)NS(=O)(=O)c1cccc(OCc2ccccc2)c1. The largest absolute Gasteiger partial charge is 0.489 e. The van der Waals surface area contributed by atoms with E-state index in [1.54, 1.807) is 57.7 Å². The van der Waals surface area contributed by atoms with Gasteiger partial charge in [-0.15, -0.1) is 6.58 Å². The molecule has 14 heteroatoms. The molecule has 0 aromatic heterocycles. The van der Waals surface area contributed by atoms with Gasteiger partial charge in [0.1, 0.15) is 29.5 Å². The highest BCUT2D eigenvalue weighted by molar-refractivity contribution is 7.90. The fourth-order valence-corrected chi connectivity index (χ4v) is 7.91. The van der Waals surface area contributed by atoms with Crippen molar-refractivity contribution in [2.45, 2.75) is 76.1 Å². The van der Waals surface area contributed by atoms with Gasteiger partial charge in [0.25, 0.3) is 15.9 Å². The Morgan fingerprint density at radius 1 is 0.982 bits per heavy atom. The predicted octanol–water partition coefficient (Wildman–Crippen LogP) is 5.65. The van der Waals surface area contributed by atoms with Crippen molar-refractivity contribution in [3.8, 4) is 5.75 Å². The van der Waals surface area contributed by atoms with Crippen LogP contribution in [0.5, 0.6) is 5.75 Å². The van der Waals surface area contributed by atoms with Crippen LogP contribution >= 0.6 is 11.6 Å². The first-order chi connectivity index (χ1) is 25.9. The number of carbonyl (C=O) groups is 4. The summed E-state index contributed by atoms with van der Waals surface area (Å²) in [6, 6.07) is 21.4. The lowest BCUT2D eigenvalue weighted by Gasteiger charge is -2.28. The molecule has 4 amide bonds. The summed E-state index contributed by atoms with van der Waals surface area (Å²) in [5.41, 5.74) is -0.566. The summed E-state index contributed by atoms with van der Waals surface area (Å²) < 4.78 is 40.4. The monoisotopic (exact) mass is 792 g/mol. The summed E-state index contributed by atoms with van der Waals surface area (Å²) in [6.45, 7) is 13.0. The van der Waals surface area contributed by atoms with Crippen molar-refractivity contribution in [2.24, 2.45) is 23.7 Å². The molecule has 1 unspecified atom stereocenters. The maximum absolute atomic E-state index is 14.3. The highest BCUT2D eigenvalue weighted by atomic mass is 35.5. The Balaban J connectivity index is 1.33. The number of hydrogen-bond donors (Lipinski definition) is 3. The molecule has 1 aliphatic carbocycles. The third kappa shape index (κ3) is 10.5. The number of rotatable bonds is 14. The minimum Gasteiger partial charge on any atom is -0.489 e. The third-order valence-electron chi connectivity index (χ3n) is 9.75. The highest BCUT2D eigenvalue weighted by Crippen LogP contribution is 2.45. The lowest BCUT2D eigenvalue weighted by molar-refractivity contribution is -0.134. The van der Waals surface area contributed by atoms with E-state index in [1.807, 2.05) is 42.5 Å². The van der Waals surface area contributed by atoms with Crippen molar-refractivity contribution < 1.29 is 37.1 Å². The first-order valence-corrected chi connectivity index (χ1v) is 20.1. The van der Waals surface area contributed by atoms with E-state index in [-0.39, 0.29) is 48.8 Å². The van der Waals surface area contributed by atoms with E-state index in [2.05, 4.69) is 21.9 Å². The zero-order chi connectivity index (χ0) is 40.1. The van der Waals surface area contributed by atoms with E-state index in [9.17, 15) is 27.6 Å². The molecule has 1 saturated carbocycles. The fourth-order valence-electron chi connectivity index (χ4n) is 6.71. The zero-order valence-corrected chi connectivity index (χ0v) is 33.3. The number of nitrogens with one attached hydrogen (secondary N) is 3. The average molecular weight is 793 g/mol. The number of hydrogen-bond acceptors (Lipinski definition) is 8. The minimum absolute atomic E-state index is 0.00662. The van der Waals surface area contributed by atoms with Gasteiger partial charge < -0.3 is 25.0 Å². The molecular weight excluding hydrogens is 744 g/mol. The van der Waals surface area contributed by atoms with Gasteiger partial charge in [0, 0.05) is 30.1 Å². The Kier molecular flexibility index (Phi) is 12.7. The van der Waals surface area contributed by atoms with Gasteiger partial charge in [-0.3, -0.25) is 14.4 Å². The normalized spacial score (nSPS) is 21.3.